The highest BCUT2D eigenvalue weighted by Crippen LogP contribution is 2.37. The van der Waals surface area contributed by atoms with Gasteiger partial charge in [0.1, 0.15) is 12.3 Å². The maximum Gasteiger partial charge on any atom is 0.265 e. The Morgan fingerprint density at radius 1 is 1.00 bits per heavy atom. The molecule has 0 heterocycles. The number of rotatable bonds is 10. The molecule has 1 N–H and O–H groups in total. The number of carbonyl (C=O) groups excluding carboxylic acids is 1. The molecule has 34 heavy (non-hydrogen) atoms. The molecule has 184 valence electrons. The third-order valence-electron chi connectivity index (χ3n) is 5.54. The molecular formula is C24H29ClN2O6S. The Hall–Kier alpha value is -2.91. The Kier molecular flexibility index (Phi) is 8.68. The van der Waals surface area contributed by atoms with Crippen LogP contribution in [0.1, 0.15) is 25.7 Å². The maximum atomic E-state index is 13.8. The molecule has 0 radical (unpaired) electrons. The standard InChI is InChI=1S/C24H29ClN2O6S/c1-31-21-11-9-18(25)13-20(21)27(16-24(28)26-15-17-7-5-4-6-8-17)34(29,30)19-10-12-22(32-2)23(14-19)33-3/h7,9-14H,4-6,8,15-16H2,1-3H3,(H,26,28). The van der Waals surface area contributed by atoms with Gasteiger partial charge in [0.15, 0.2) is 11.5 Å². The molecule has 0 atom stereocenters. The van der Waals surface area contributed by atoms with E-state index in [1.807, 2.05) is 0 Å². The van der Waals surface area contributed by atoms with Gasteiger partial charge in [-0.15, -0.1) is 0 Å². The molecule has 1 amide bonds. The first-order valence-corrected chi connectivity index (χ1v) is 12.6. The Labute approximate surface area is 205 Å². The Morgan fingerprint density at radius 2 is 1.71 bits per heavy atom. The average molecular weight is 509 g/mol. The number of ether oxygens (including phenoxy) is 3. The van der Waals surface area contributed by atoms with Gasteiger partial charge in [0, 0.05) is 17.6 Å². The molecule has 0 aromatic heterocycles. The van der Waals surface area contributed by atoms with Gasteiger partial charge in [0.05, 0.1) is 31.9 Å². The van der Waals surface area contributed by atoms with Crippen LogP contribution in [0.3, 0.4) is 0 Å². The number of carbonyl (C=O) groups is 1. The number of hydrogen-bond acceptors (Lipinski definition) is 6. The van der Waals surface area contributed by atoms with Crippen molar-refractivity contribution >= 4 is 33.2 Å². The Bertz CT molecular complexity index is 1170. The molecule has 8 nitrogen and oxygen atoms in total. The van der Waals surface area contributed by atoms with E-state index in [-0.39, 0.29) is 22.1 Å². The smallest absolute Gasteiger partial charge is 0.265 e. The van der Waals surface area contributed by atoms with Gasteiger partial charge >= 0.3 is 0 Å². The lowest BCUT2D eigenvalue weighted by Crippen LogP contribution is -2.41. The quantitative estimate of drug-likeness (QED) is 0.484. The molecule has 0 aliphatic heterocycles. The molecule has 0 fully saturated rings. The first-order valence-electron chi connectivity index (χ1n) is 10.8. The zero-order chi connectivity index (χ0) is 24.7. The number of methoxy groups -OCH3 is 3. The van der Waals surface area contributed by atoms with E-state index >= 15 is 0 Å². The van der Waals surface area contributed by atoms with Crippen LogP contribution in [0.15, 0.2) is 52.9 Å². The summed E-state index contributed by atoms with van der Waals surface area (Å²) in [6.07, 6.45) is 6.27. The lowest BCUT2D eigenvalue weighted by Gasteiger charge is -2.26. The van der Waals surface area contributed by atoms with Gasteiger partial charge in [-0.3, -0.25) is 9.10 Å². The van der Waals surface area contributed by atoms with Gasteiger partial charge in [-0.05, 0) is 56.0 Å². The summed E-state index contributed by atoms with van der Waals surface area (Å²) in [7, 11) is 0.0803. The summed E-state index contributed by atoms with van der Waals surface area (Å²) < 4.78 is 44.4. The number of anilines is 1. The lowest BCUT2D eigenvalue weighted by atomic mass is 10.00. The molecular weight excluding hydrogens is 480 g/mol. The summed E-state index contributed by atoms with van der Waals surface area (Å²) in [4.78, 5) is 12.8. The second-order valence-electron chi connectivity index (χ2n) is 7.73. The highest BCUT2D eigenvalue weighted by Gasteiger charge is 2.30. The fraction of sp³-hybridized carbons (Fsp3) is 0.375. The van der Waals surface area contributed by atoms with Crippen LogP contribution < -0.4 is 23.8 Å². The number of allylic oxidation sites excluding steroid dienone is 1. The predicted molar refractivity (Wildman–Crippen MR) is 132 cm³/mol. The largest absolute Gasteiger partial charge is 0.495 e. The number of nitrogens with one attached hydrogen (secondary N) is 1. The molecule has 0 saturated carbocycles. The first-order chi connectivity index (χ1) is 16.3. The summed E-state index contributed by atoms with van der Waals surface area (Å²) in [6.45, 7) is -0.0730. The number of benzene rings is 2. The van der Waals surface area contributed by atoms with Gasteiger partial charge in [-0.1, -0.05) is 23.3 Å². The molecule has 3 rings (SSSR count). The molecule has 1 aliphatic carbocycles. The Balaban J connectivity index is 1.98. The van der Waals surface area contributed by atoms with Crippen LogP contribution >= 0.6 is 11.6 Å². The molecule has 2 aromatic carbocycles. The third-order valence-corrected chi connectivity index (χ3v) is 7.53. The van der Waals surface area contributed by atoms with E-state index in [4.69, 9.17) is 25.8 Å². The highest BCUT2D eigenvalue weighted by molar-refractivity contribution is 7.92. The van der Waals surface area contributed by atoms with Crippen LogP contribution in [0.2, 0.25) is 5.02 Å². The van der Waals surface area contributed by atoms with Crippen molar-refractivity contribution in [3.8, 4) is 17.2 Å². The zero-order valence-corrected chi connectivity index (χ0v) is 21.0. The van der Waals surface area contributed by atoms with Crippen LogP contribution in [0, 0.1) is 0 Å². The van der Waals surface area contributed by atoms with Crippen LogP contribution in [0.4, 0.5) is 5.69 Å². The van der Waals surface area contributed by atoms with E-state index in [0.29, 0.717) is 17.3 Å². The van der Waals surface area contributed by atoms with Crippen molar-refractivity contribution in [1.82, 2.24) is 5.32 Å². The van der Waals surface area contributed by atoms with Crippen molar-refractivity contribution in [1.29, 1.82) is 0 Å². The number of amides is 1. The topological polar surface area (TPSA) is 94.2 Å². The maximum absolute atomic E-state index is 13.8. The molecule has 0 saturated heterocycles. The molecule has 0 spiro atoms. The number of sulfonamides is 1. The van der Waals surface area contributed by atoms with E-state index in [1.165, 1.54) is 45.6 Å². The van der Waals surface area contributed by atoms with Gasteiger partial charge in [-0.25, -0.2) is 8.42 Å². The second kappa shape index (κ2) is 11.5. The second-order valence-corrected chi connectivity index (χ2v) is 10.0. The summed E-state index contributed by atoms with van der Waals surface area (Å²) in [6, 6.07) is 8.83. The van der Waals surface area contributed by atoms with Crippen molar-refractivity contribution in [3.05, 3.63) is 53.1 Å². The van der Waals surface area contributed by atoms with Gasteiger partial charge in [0.2, 0.25) is 5.91 Å². The van der Waals surface area contributed by atoms with Gasteiger partial charge in [0.25, 0.3) is 10.0 Å². The van der Waals surface area contributed by atoms with Crippen molar-refractivity contribution in [2.45, 2.75) is 30.6 Å². The summed E-state index contributed by atoms with van der Waals surface area (Å²) in [5, 5.41) is 3.14. The summed E-state index contributed by atoms with van der Waals surface area (Å²) in [5.74, 6) is 0.441. The minimum absolute atomic E-state index is 0.0741. The monoisotopic (exact) mass is 508 g/mol. The fourth-order valence-corrected chi connectivity index (χ4v) is 5.33. The average Bonchev–Trinajstić information content (AvgIpc) is 2.86. The van der Waals surface area contributed by atoms with Crippen LogP contribution in [0.25, 0.3) is 0 Å². The number of nitrogens with zero attached hydrogens (tertiary/aromatic N) is 1. The normalized spacial score (nSPS) is 13.6. The minimum Gasteiger partial charge on any atom is -0.495 e. The number of hydrogen-bond donors (Lipinski definition) is 1. The zero-order valence-electron chi connectivity index (χ0n) is 19.5. The van der Waals surface area contributed by atoms with E-state index in [2.05, 4.69) is 11.4 Å². The lowest BCUT2D eigenvalue weighted by molar-refractivity contribution is -0.119. The number of halogens is 1. The highest BCUT2D eigenvalue weighted by atomic mass is 35.5. The van der Waals surface area contributed by atoms with Crippen LogP contribution in [0.5, 0.6) is 17.2 Å². The summed E-state index contributed by atoms with van der Waals surface area (Å²) >= 11 is 6.18. The van der Waals surface area contributed by atoms with Crippen molar-refractivity contribution in [2.75, 3.05) is 38.7 Å². The molecule has 0 bridgehead atoms. The SMILES string of the molecule is COc1ccc(S(=O)(=O)N(CC(=O)NCC2=CCCCC2)c2cc(Cl)ccc2OC)cc1OC. The fourth-order valence-electron chi connectivity index (χ4n) is 3.73. The van der Waals surface area contributed by atoms with E-state index < -0.39 is 22.5 Å². The molecule has 10 heteroatoms. The predicted octanol–water partition coefficient (Wildman–Crippen LogP) is 4.18. The van der Waals surface area contributed by atoms with Crippen molar-refractivity contribution in [2.24, 2.45) is 0 Å². The van der Waals surface area contributed by atoms with E-state index in [1.54, 1.807) is 12.1 Å². The summed E-state index contributed by atoms with van der Waals surface area (Å²) in [5.41, 5.74) is 1.30. The third kappa shape index (κ3) is 5.95. The Morgan fingerprint density at radius 3 is 2.35 bits per heavy atom. The van der Waals surface area contributed by atoms with E-state index in [0.717, 1.165) is 35.6 Å². The van der Waals surface area contributed by atoms with Crippen LogP contribution in [-0.2, 0) is 14.8 Å². The first kappa shape index (κ1) is 25.7. The van der Waals surface area contributed by atoms with Crippen molar-refractivity contribution in [3.63, 3.8) is 0 Å². The van der Waals surface area contributed by atoms with Crippen LogP contribution in [-0.4, -0.2) is 48.7 Å². The minimum atomic E-state index is -4.22. The van der Waals surface area contributed by atoms with E-state index in [9.17, 15) is 13.2 Å². The van der Waals surface area contributed by atoms with Crippen molar-refractivity contribution < 1.29 is 27.4 Å². The molecule has 2 aromatic rings. The van der Waals surface area contributed by atoms with Gasteiger partial charge < -0.3 is 19.5 Å². The van der Waals surface area contributed by atoms with Gasteiger partial charge in [-0.2, -0.15) is 0 Å². The molecule has 1 aliphatic rings. The molecule has 0 unspecified atom stereocenters.